The SMILES string of the molecule is CN=C(NCCC(C)C)NCc1ccc2c(c1)CCC2.I. The number of aryl methyl sites for hydroxylation is 2. The minimum atomic E-state index is 0. The van der Waals surface area contributed by atoms with Crippen molar-refractivity contribution >= 4 is 29.9 Å². The van der Waals surface area contributed by atoms with Gasteiger partial charge in [0.1, 0.15) is 0 Å². The zero-order valence-electron chi connectivity index (χ0n) is 13.4. The highest BCUT2D eigenvalue weighted by molar-refractivity contribution is 14.0. The molecule has 0 aliphatic heterocycles. The van der Waals surface area contributed by atoms with Crippen molar-refractivity contribution in [2.75, 3.05) is 13.6 Å². The summed E-state index contributed by atoms with van der Waals surface area (Å²) in [5.41, 5.74) is 4.41. The lowest BCUT2D eigenvalue weighted by molar-refractivity contribution is 0.573. The van der Waals surface area contributed by atoms with Crippen molar-refractivity contribution in [3.8, 4) is 0 Å². The van der Waals surface area contributed by atoms with Crippen LogP contribution >= 0.6 is 24.0 Å². The van der Waals surface area contributed by atoms with Crippen LogP contribution in [0, 0.1) is 5.92 Å². The van der Waals surface area contributed by atoms with Crippen LogP contribution in [0.5, 0.6) is 0 Å². The summed E-state index contributed by atoms with van der Waals surface area (Å²) in [4.78, 5) is 4.27. The minimum absolute atomic E-state index is 0. The van der Waals surface area contributed by atoms with Gasteiger partial charge in [0.15, 0.2) is 5.96 Å². The number of rotatable bonds is 5. The summed E-state index contributed by atoms with van der Waals surface area (Å²) in [6.45, 7) is 6.29. The molecule has 118 valence electrons. The second kappa shape index (κ2) is 9.28. The van der Waals surface area contributed by atoms with Gasteiger partial charge in [0, 0.05) is 20.1 Å². The Kier molecular flexibility index (Phi) is 8.07. The summed E-state index contributed by atoms with van der Waals surface area (Å²) < 4.78 is 0. The number of benzene rings is 1. The largest absolute Gasteiger partial charge is 0.356 e. The van der Waals surface area contributed by atoms with Crippen molar-refractivity contribution in [1.82, 2.24) is 10.6 Å². The molecule has 0 atom stereocenters. The van der Waals surface area contributed by atoms with Gasteiger partial charge < -0.3 is 10.6 Å². The van der Waals surface area contributed by atoms with E-state index in [0.29, 0.717) is 0 Å². The summed E-state index contributed by atoms with van der Waals surface area (Å²) in [5.74, 6) is 1.61. The van der Waals surface area contributed by atoms with Crippen LogP contribution in [0.1, 0.15) is 43.4 Å². The maximum Gasteiger partial charge on any atom is 0.191 e. The third-order valence-corrected chi connectivity index (χ3v) is 3.86. The Bertz CT molecular complexity index is 469. The minimum Gasteiger partial charge on any atom is -0.356 e. The number of hydrogen-bond donors (Lipinski definition) is 2. The zero-order chi connectivity index (χ0) is 14.4. The fraction of sp³-hybridized carbons (Fsp3) is 0.588. The van der Waals surface area contributed by atoms with Crippen LogP contribution in [0.4, 0.5) is 0 Å². The first-order chi connectivity index (χ1) is 9.69. The van der Waals surface area contributed by atoms with Crippen LogP contribution in [-0.2, 0) is 19.4 Å². The molecule has 0 aromatic heterocycles. The molecule has 2 rings (SSSR count). The van der Waals surface area contributed by atoms with Crippen LogP contribution in [0.15, 0.2) is 23.2 Å². The average molecular weight is 401 g/mol. The zero-order valence-corrected chi connectivity index (χ0v) is 15.7. The van der Waals surface area contributed by atoms with Gasteiger partial charge in [0.25, 0.3) is 0 Å². The molecule has 1 aliphatic rings. The van der Waals surface area contributed by atoms with E-state index in [1.54, 1.807) is 0 Å². The van der Waals surface area contributed by atoms with Crippen LogP contribution in [0.25, 0.3) is 0 Å². The Balaban J connectivity index is 0.00000220. The van der Waals surface area contributed by atoms with E-state index in [4.69, 9.17) is 0 Å². The number of nitrogens with zero attached hydrogens (tertiary/aromatic N) is 1. The van der Waals surface area contributed by atoms with E-state index in [0.717, 1.165) is 25.0 Å². The maximum atomic E-state index is 4.27. The molecule has 1 aliphatic carbocycles. The molecule has 1 aromatic rings. The Morgan fingerprint density at radius 2 is 1.95 bits per heavy atom. The van der Waals surface area contributed by atoms with Crippen molar-refractivity contribution in [3.63, 3.8) is 0 Å². The molecule has 0 saturated carbocycles. The molecule has 0 saturated heterocycles. The average Bonchev–Trinajstić information content (AvgIpc) is 2.89. The molecule has 1 aromatic carbocycles. The molecule has 0 bridgehead atoms. The van der Waals surface area contributed by atoms with Gasteiger partial charge in [-0.3, -0.25) is 4.99 Å². The fourth-order valence-corrected chi connectivity index (χ4v) is 2.62. The van der Waals surface area contributed by atoms with E-state index in [1.807, 2.05) is 7.05 Å². The van der Waals surface area contributed by atoms with Crippen molar-refractivity contribution in [1.29, 1.82) is 0 Å². The second-order valence-corrected chi connectivity index (χ2v) is 5.99. The fourth-order valence-electron chi connectivity index (χ4n) is 2.62. The number of aliphatic imine (C=N–C) groups is 1. The normalized spacial score (nSPS) is 13.8. The topological polar surface area (TPSA) is 36.4 Å². The smallest absolute Gasteiger partial charge is 0.191 e. The van der Waals surface area contributed by atoms with E-state index >= 15 is 0 Å². The van der Waals surface area contributed by atoms with Crippen LogP contribution in [0.3, 0.4) is 0 Å². The van der Waals surface area contributed by atoms with E-state index in [-0.39, 0.29) is 24.0 Å². The summed E-state index contributed by atoms with van der Waals surface area (Å²) in [6, 6.07) is 6.86. The highest BCUT2D eigenvalue weighted by atomic mass is 127. The molecule has 0 radical (unpaired) electrons. The number of guanidine groups is 1. The van der Waals surface area contributed by atoms with Crippen LogP contribution in [0.2, 0.25) is 0 Å². The molecular weight excluding hydrogens is 373 g/mol. The lowest BCUT2D eigenvalue weighted by Gasteiger charge is -2.13. The standard InChI is InChI=1S/C17H27N3.HI/c1-13(2)9-10-19-17(18-3)20-12-14-7-8-15-5-4-6-16(15)11-14;/h7-8,11,13H,4-6,9-10,12H2,1-3H3,(H2,18,19,20);1H. The molecule has 21 heavy (non-hydrogen) atoms. The lowest BCUT2D eigenvalue weighted by Crippen LogP contribution is -2.37. The van der Waals surface area contributed by atoms with Gasteiger partial charge >= 0.3 is 0 Å². The molecule has 0 spiro atoms. The van der Waals surface area contributed by atoms with Gasteiger partial charge in [0.2, 0.25) is 0 Å². The molecule has 4 heteroatoms. The Hall–Kier alpha value is -0.780. The van der Waals surface area contributed by atoms with Gasteiger partial charge in [-0.2, -0.15) is 0 Å². The highest BCUT2D eigenvalue weighted by Crippen LogP contribution is 2.22. The van der Waals surface area contributed by atoms with Crippen molar-refractivity contribution in [2.45, 2.75) is 46.1 Å². The Labute approximate surface area is 146 Å². The Morgan fingerprint density at radius 3 is 2.67 bits per heavy atom. The van der Waals surface area contributed by atoms with Gasteiger partial charge in [-0.1, -0.05) is 32.0 Å². The predicted molar refractivity (Wildman–Crippen MR) is 102 cm³/mol. The number of halogens is 1. The van der Waals surface area contributed by atoms with E-state index in [9.17, 15) is 0 Å². The number of fused-ring (bicyclic) bond motifs is 1. The van der Waals surface area contributed by atoms with Gasteiger partial charge in [-0.25, -0.2) is 0 Å². The number of hydrogen-bond acceptors (Lipinski definition) is 1. The molecule has 0 unspecified atom stereocenters. The molecule has 2 N–H and O–H groups in total. The van der Waals surface area contributed by atoms with E-state index in [2.05, 4.69) is 47.7 Å². The van der Waals surface area contributed by atoms with Gasteiger partial charge in [0.05, 0.1) is 0 Å². The molecule has 3 nitrogen and oxygen atoms in total. The van der Waals surface area contributed by atoms with Crippen LogP contribution in [-0.4, -0.2) is 19.6 Å². The first kappa shape index (κ1) is 18.3. The van der Waals surface area contributed by atoms with Crippen molar-refractivity contribution < 1.29 is 0 Å². The monoisotopic (exact) mass is 401 g/mol. The summed E-state index contributed by atoms with van der Waals surface area (Å²) in [6.07, 6.45) is 4.97. The van der Waals surface area contributed by atoms with Gasteiger partial charge in [-0.15, -0.1) is 24.0 Å². The highest BCUT2D eigenvalue weighted by Gasteiger charge is 2.10. The molecule has 0 fully saturated rings. The lowest BCUT2D eigenvalue weighted by atomic mass is 10.1. The van der Waals surface area contributed by atoms with Crippen molar-refractivity contribution in [2.24, 2.45) is 10.9 Å². The van der Waals surface area contributed by atoms with Crippen LogP contribution < -0.4 is 10.6 Å². The van der Waals surface area contributed by atoms with E-state index in [1.165, 1.54) is 42.4 Å². The molecule has 0 heterocycles. The first-order valence-electron chi connectivity index (χ1n) is 7.74. The summed E-state index contributed by atoms with van der Waals surface area (Å²) in [7, 11) is 1.83. The summed E-state index contributed by atoms with van der Waals surface area (Å²) in [5, 5.41) is 6.75. The second-order valence-electron chi connectivity index (χ2n) is 5.99. The third-order valence-electron chi connectivity index (χ3n) is 3.86. The third kappa shape index (κ3) is 5.85. The Morgan fingerprint density at radius 1 is 1.19 bits per heavy atom. The number of nitrogens with one attached hydrogen (secondary N) is 2. The maximum absolute atomic E-state index is 4.27. The van der Waals surface area contributed by atoms with Gasteiger partial charge in [-0.05, 0) is 48.3 Å². The molecule has 0 amide bonds. The van der Waals surface area contributed by atoms with Crippen molar-refractivity contribution in [3.05, 3.63) is 34.9 Å². The predicted octanol–water partition coefficient (Wildman–Crippen LogP) is 3.50. The van der Waals surface area contributed by atoms with E-state index < -0.39 is 0 Å². The quantitative estimate of drug-likeness (QED) is 0.450. The summed E-state index contributed by atoms with van der Waals surface area (Å²) >= 11 is 0. The molecular formula is C17H28IN3. The first-order valence-corrected chi connectivity index (χ1v) is 7.74.